The molecule has 9 heteroatoms. The molecule has 5 nitrogen and oxygen atoms in total. The predicted octanol–water partition coefficient (Wildman–Crippen LogP) is 3.37. The number of rotatable bonds is 3. The van der Waals surface area contributed by atoms with Crippen LogP contribution >= 0.6 is 11.3 Å². The molecule has 0 saturated heterocycles. The second-order valence-corrected chi connectivity index (χ2v) is 7.80. The lowest BCUT2D eigenvalue weighted by Crippen LogP contribution is -2.52. The van der Waals surface area contributed by atoms with Crippen LogP contribution in [0.25, 0.3) is 0 Å². The van der Waals surface area contributed by atoms with Gasteiger partial charge in [0.05, 0.1) is 11.6 Å². The van der Waals surface area contributed by atoms with Crippen molar-refractivity contribution < 1.29 is 18.0 Å². The minimum atomic E-state index is -3.00. The number of hydrogen-bond acceptors (Lipinski definition) is 5. The standard InChI is InChI=1S/C18H19F3N4OS/c1-17(12-8-11(22)14(19)27-12)13(15(26)25(3)16(23)24-17)9-4-6-10(7-5-9)18(2,20)21/h4-8,13H,22H2,1-3H3,(H2,23,24)/t13?,17-/m1/s1. The minimum absolute atomic E-state index is 0.0113. The maximum Gasteiger partial charge on any atom is 0.270 e. The van der Waals surface area contributed by atoms with Gasteiger partial charge in [-0.15, -0.1) is 11.3 Å². The van der Waals surface area contributed by atoms with Gasteiger partial charge in [0.1, 0.15) is 5.54 Å². The minimum Gasteiger partial charge on any atom is -0.396 e. The molecule has 4 N–H and O–H groups in total. The highest BCUT2D eigenvalue weighted by Crippen LogP contribution is 2.47. The highest BCUT2D eigenvalue weighted by molar-refractivity contribution is 7.11. The molecule has 27 heavy (non-hydrogen) atoms. The first-order chi connectivity index (χ1) is 12.4. The summed E-state index contributed by atoms with van der Waals surface area (Å²) in [7, 11) is 1.48. The Kier molecular flexibility index (Phi) is 4.46. The number of amides is 1. The van der Waals surface area contributed by atoms with Crippen molar-refractivity contribution in [2.75, 3.05) is 12.8 Å². The van der Waals surface area contributed by atoms with Crippen LogP contribution in [0.2, 0.25) is 0 Å². The first-order valence-corrected chi connectivity index (χ1v) is 8.93. The molecule has 1 unspecified atom stereocenters. The molecule has 1 aromatic heterocycles. The third kappa shape index (κ3) is 3.16. The lowest BCUT2D eigenvalue weighted by molar-refractivity contribution is -0.130. The van der Waals surface area contributed by atoms with Crippen LogP contribution < -0.4 is 11.5 Å². The van der Waals surface area contributed by atoms with Gasteiger partial charge in [-0.1, -0.05) is 24.3 Å². The average Bonchev–Trinajstić information content (AvgIpc) is 2.92. The summed E-state index contributed by atoms with van der Waals surface area (Å²) in [4.78, 5) is 19.1. The van der Waals surface area contributed by atoms with Crippen LogP contribution in [0.5, 0.6) is 0 Å². The summed E-state index contributed by atoms with van der Waals surface area (Å²) in [6, 6.07) is 6.90. The Morgan fingerprint density at radius 1 is 1.26 bits per heavy atom. The molecule has 1 amide bonds. The molecular weight excluding hydrogens is 377 g/mol. The number of nitrogens with zero attached hydrogens (tertiary/aromatic N) is 2. The number of halogens is 3. The van der Waals surface area contributed by atoms with Crippen molar-refractivity contribution in [1.82, 2.24) is 4.90 Å². The van der Waals surface area contributed by atoms with Crippen molar-refractivity contribution in [2.45, 2.75) is 31.2 Å². The van der Waals surface area contributed by atoms with Gasteiger partial charge in [0.15, 0.2) is 11.1 Å². The van der Waals surface area contributed by atoms with E-state index in [1.807, 2.05) is 0 Å². The Morgan fingerprint density at radius 2 is 1.85 bits per heavy atom. The maximum absolute atomic E-state index is 13.9. The van der Waals surface area contributed by atoms with Crippen LogP contribution in [0.3, 0.4) is 0 Å². The number of thiophene rings is 1. The van der Waals surface area contributed by atoms with E-state index in [0.717, 1.165) is 18.3 Å². The molecule has 144 valence electrons. The molecule has 0 aliphatic carbocycles. The largest absolute Gasteiger partial charge is 0.396 e. The Morgan fingerprint density at radius 3 is 2.33 bits per heavy atom. The number of carbonyl (C=O) groups excluding carboxylic acids is 1. The Bertz CT molecular complexity index is 900. The number of alkyl halides is 2. The predicted molar refractivity (Wildman–Crippen MR) is 99.2 cm³/mol. The molecule has 3 rings (SSSR count). The normalized spacial score (nSPS) is 23.5. The van der Waals surface area contributed by atoms with Gasteiger partial charge in [0.25, 0.3) is 5.92 Å². The third-order valence-corrected chi connectivity index (χ3v) is 5.96. The number of hydrogen-bond donors (Lipinski definition) is 2. The summed E-state index contributed by atoms with van der Waals surface area (Å²) in [5.41, 5.74) is 10.6. The molecule has 2 atom stereocenters. The second kappa shape index (κ2) is 6.26. The summed E-state index contributed by atoms with van der Waals surface area (Å²) in [6.45, 7) is 2.45. The van der Waals surface area contributed by atoms with E-state index in [9.17, 15) is 18.0 Å². The average molecular weight is 396 g/mol. The van der Waals surface area contributed by atoms with Crippen molar-refractivity contribution in [2.24, 2.45) is 10.7 Å². The van der Waals surface area contributed by atoms with E-state index in [-0.39, 0.29) is 23.1 Å². The first kappa shape index (κ1) is 19.2. The summed E-state index contributed by atoms with van der Waals surface area (Å²) in [5.74, 6) is -4.24. The lowest BCUT2D eigenvalue weighted by atomic mass is 9.77. The van der Waals surface area contributed by atoms with Gasteiger partial charge in [-0.05, 0) is 18.6 Å². The monoisotopic (exact) mass is 396 g/mol. The van der Waals surface area contributed by atoms with Crippen LogP contribution in [0.4, 0.5) is 18.9 Å². The summed E-state index contributed by atoms with van der Waals surface area (Å²) < 4.78 is 40.9. The van der Waals surface area contributed by atoms with Gasteiger partial charge >= 0.3 is 0 Å². The number of carbonyl (C=O) groups is 1. The Labute approximate surface area is 158 Å². The SMILES string of the molecule is CN1C(=O)C(c2ccc(C(C)(F)F)cc2)[C@@](C)(c2cc(N)c(F)s2)N=C1N. The van der Waals surface area contributed by atoms with Crippen molar-refractivity contribution in [3.63, 3.8) is 0 Å². The fraction of sp³-hybridized carbons (Fsp3) is 0.333. The number of benzene rings is 1. The van der Waals surface area contributed by atoms with E-state index in [0.29, 0.717) is 10.4 Å². The molecular formula is C18H19F3N4OS. The molecule has 0 fully saturated rings. The Balaban J connectivity index is 2.16. The summed E-state index contributed by atoms with van der Waals surface area (Å²) in [5, 5.41) is -0.578. The fourth-order valence-electron chi connectivity index (χ4n) is 3.19. The molecule has 1 aliphatic rings. The van der Waals surface area contributed by atoms with Gasteiger partial charge in [0, 0.05) is 24.4 Å². The Hall–Kier alpha value is -2.55. The van der Waals surface area contributed by atoms with E-state index in [2.05, 4.69) is 4.99 Å². The second-order valence-electron chi connectivity index (χ2n) is 6.80. The van der Waals surface area contributed by atoms with E-state index < -0.39 is 22.5 Å². The smallest absolute Gasteiger partial charge is 0.270 e. The van der Waals surface area contributed by atoms with Crippen LogP contribution in [-0.2, 0) is 16.3 Å². The van der Waals surface area contributed by atoms with Crippen molar-refractivity contribution in [3.8, 4) is 0 Å². The number of likely N-dealkylation sites (N-methyl/N-ethyl adjacent to an activating group) is 1. The van der Waals surface area contributed by atoms with Crippen molar-refractivity contribution in [3.05, 3.63) is 51.5 Å². The topological polar surface area (TPSA) is 84.7 Å². The van der Waals surface area contributed by atoms with Crippen LogP contribution in [0.15, 0.2) is 35.3 Å². The molecule has 1 aliphatic heterocycles. The molecule has 2 aromatic rings. The fourth-order valence-corrected chi connectivity index (χ4v) is 4.12. The molecule has 0 bridgehead atoms. The molecule has 0 spiro atoms. The van der Waals surface area contributed by atoms with E-state index >= 15 is 0 Å². The van der Waals surface area contributed by atoms with Crippen LogP contribution in [-0.4, -0.2) is 23.8 Å². The number of nitrogens with two attached hydrogens (primary N) is 2. The number of guanidine groups is 1. The van der Waals surface area contributed by atoms with Crippen molar-refractivity contribution in [1.29, 1.82) is 0 Å². The lowest BCUT2D eigenvalue weighted by Gasteiger charge is -2.40. The van der Waals surface area contributed by atoms with E-state index in [1.54, 1.807) is 6.92 Å². The molecule has 2 heterocycles. The van der Waals surface area contributed by atoms with Gasteiger partial charge in [-0.2, -0.15) is 4.39 Å². The molecule has 0 radical (unpaired) electrons. The van der Waals surface area contributed by atoms with Gasteiger partial charge in [0.2, 0.25) is 5.91 Å². The summed E-state index contributed by atoms with van der Waals surface area (Å²) in [6.07, 6.45) is 0. The van der Waals surface area contributed by atoms with Gasteiger partial charge in [-0.3, -0.25) is 9.69 Å². The zero-order valence-corrected chi connectivity index (χ0v) is 15.8. The quantitative estimate of drug-likeness (QED) is 0.834. The van der Waals surface area contributed by atoms with Crippen molar-refractivity contribution >= 4 is 28.9 Å². The molecule has 0 saturated carbocycles. The number of nitrogen functional groups attached to an aromatic ring is 1. The first-order valence-electron chi connectivity index (χ1n) is 8.11. The zero-order chi connectivity index (χ0) is 20.1. The number of anilines is 1. The van der Waals surface area contributed by atoms with E-state index in [4.69, 9.17) is 11.5 Å². The zero-order valence-electron chi connectivity index (χ0n) is 15.0. The van der Waals surface area contributed by atoms with Crippen LogP contribution in [0, 0.1) is 5.13 Å². The highest BCUT2D eigenvalue weighted by atomic mass is 32.1. The number of aliphatic imine (C=N–C) groups is 1. The third-order valence-electron chi connectivity index (χ3n) is 4.79. The summed E-state index contributed by atoms with van der Waals surface area (Å²) >= 11 is 0.786. The van der Waals surface area contributed by atoms with Crippen LogP contribution in [0.1, 0.15) is 35.8 Å². The maximum atomic E-state index is 13.9. The highest BCUT2D eigenvalue weighted by Gasteiger charge is 2.48. The van der Waals surface area contributed by atoms with Gasteiger partial charge < -0.3 is 11.5 Å². The van der Waals surface area contributed by atoms with E-state index in [1.165, 1.54) is 42.3 Å². The molecule has 1 aromatic carbocycles. The van der Waals surface area contributed by atoms with Gasteiger partial charge in [-0.25, -0.2) is 13.8 Å².